The quantitative estimate of drug-likeness (QED) is 0.792. The minimum Gasteiger partial charge on any atom is -0.340 e. The third-order valence-corrected chi connectivity index (χ3v) is 4.88. The van der Waals surface area contributed by atoms with Crippen LogP contribution in [0, 0.1) is 12.7 Å². The molecule has 0 saturated heterocycles. The highest BCUT2D eigenvalue weighted by atomic mass is 32.2. The average molecular weight is 364 g/mol. The van der Waals surface area contributed by atoms with E-state index in [9.17, 15) is 17.6 Å². The third kappa shape index (κ3) is 5.29. The van der Waals surface area contributed by atoms with Gasteiger partial charge in [0, 0.05) is 13.6 Å². The van der Waals surface area contributed by atoms with Crippen molar-refractivity contribution < 1.29 is 17.6 Å². The Labute approximate surface area is 147 Å². The Morgan fingerprint density at radius 2 is 1.76 bits per heavy atom. The zero-order chi connectivity index (χ0) is 18.6. The predicted molar refractivity (Wildman–Crippen MR) is 96.2 cm³/mol. The van der Waals surface area contributed by atoms with Crippen LogP contribution in [0.15, 0.2) is 48.5 Å². The number of nitrogens with zero attached hydrogens (tertiary/aromatic N) is 2. The molecule has 2 rings (SSSR count). The van der Waals surface area contributed by atoms with E-state index in [0.29, 0.717) is 6.54 Å². The molecule has 0 aliphatic rings. The molecule has 2 aromatic rings. The van der Waals surface area contributed by atoms with Crippen LogP contribution in [0.1, 0.15) is 11.1 Å². The number of hydrogen-bond donors (Lipinski definition) is 0. The van der Waals surface area contributed by atoms with Gasteiger partial charge in [0.2, 0.25) is 15.9 Å². The second kappa shape index (κ2) is 7.65. The minimum absolute atomic E-state index is 0.125. The van der Waals surface area contributed by atoms with Gasteiger partial charge in [0.05, 0.1) is 11.9 Å². The van der Waals surface area contributed by atoms with Gasteiger partial charge in [0.25, 0.3) is 0 Å². The summed E-state index contributed by atoms with van der Waals surface area (Å²) in [5, 5.41) is 0. The zero-order valence-corrected chi connectivity index (χ0v) is 15.3. The summed E-state index contributed by atoms with van der Waals surface area (Å²) in [7, 11) is -2.12. The van der Waals surface area contributed by atoms with Gasteiger partial charge in [-0.1, -0.05) is 35.9 Å². The summed E-state index contributed by atoms with van der Waals surface area (Å²) in [6.07, 6.45) is 0.991. The zero-order valence-electron chi connectivity index (χ0n) is 14.4. The number of carbonyl (C=O) groups excluding carboxylic acids is 1. The molecule has 25 heavy (non-hydrogen) atoms. The molecule has 1 amide bonds. The van der Waals surface area contributed by atoms with Gasteiger partial charge < -0.3 is 4.90 Å². The molecule has 0 aliphatic heterocycles. The van der Waals surface area contributed by atoms with Crippen molar-refractivity contribution in [2.45, 2.75) is 13.5 Å². The molecule has 0 saturated carbocycles. The topological polar surface area (TPSA) is 57.7 Å². The highest BCUT2D eigenvalue weighted by Crippen LogP contribution is 2.19. The van der Waals surface area contributed by atoms with E-state index in [0.717, 1.165) is 27.8 Å². The number of hydrogen-bond acceptors (Lipinski definition) is 3. The Balaban J connectivity index is 2.15. The Bertz CT molecular complexity index is 851. The van der Waals surface area contributed by atoms with Crippen LogP contribution in [-0.2, 0) is 21.4 Å². The molecule has 0 atom stereocenters. The van der Waals surface area contributed by atoms with Crippen LogP contribution < -0.4 is 4.31 Å². The number of halogens is 1. The highest BCUT2D eigenvalue weighted by Gasteiger charge is 2.23. The van der Waals surface area contributed by atoms with E-state index in [1.807, 2.05) is 31.2 Å². The number of aryl methyl sites for hydroxylation is 1. The van der Waals surface area contributed by atoms with Crippen LogP contribution in [0.25, 0.3) is 0 Å². The summed E-state index contributed by atoms with van der Waals surface area (Å²) in [4.78, 5) is 13.9. The van der Waals surface area contributed by atoms with E-state index in [-0.39, 0.29) is 18.1 Å². The van der Waals surface area contributed by atoms with Gasteiger partial charge in [-0.05, 0) is 30.7 Å². The van der Waals surface area contributed by atoms with E-state index in [4.69, 9.17) is 0 Å². The van der Waals surface area contributed by atoms with Gasteiger partial charge in [0.1, 0.15) is 12.4 Å². The van der Waals surface area contributed by atoms with Crippen LogP contribution in [-0.4, -0.2) is 39.1 Å². The van der Waals surface area contributed by atoms with Crippen molar-refractivity contribution in [1.82, 2.24) is 4.90 Å². The van der Waals surface area contributed by atoms with Gasteiger partial charge in [-0.15, -0.1) is 0 Å². The summed E-state index contributed by atoms with van der Waals surface area (Å²) in [6, 6.07) is 12.9. The summed E-state index contributed by atoms with van der Waals surface area (Å²) in [5.74, 6) is -0.943. The lowest BCUT2D eigenvalue weighted by Crippen LogP contribution is -2.41. The number of likely N-dealkylation sites (N-methyl/N-ethyl adjacent to an activating group) is 1. The fourth-order valence-electron chi connectivity index (χ4n) is 2.33. The van der Waals surface area contributed by atoms with Crippen molar-refractivity contribution in [3.63, 3.8) is 0 Å². The molecule has 0 aromatic heterocycles. The first-order valence-electron chi connectivity index (χ1n) is 7.69. The average Bonchev–Trinajstić information content (AvgIpc) is 2.53. The molecular formula is C18H21FN2O3S. The van der Waals surface area contributed by atoms with Gasteiger partial charge in [-0.25, -0.2) is 12.8 Å². The van der Waals surface area contributed by atoms with E-state index < -0.39 is 15.8 Å². The Kier molecular flexibility index (Phi) is 5.79. The van der Waals surface area contributed by atoms with E-state index >= 15 is 0 Å². The highest BCUT2D eigenvalue weighted by molar-refractivity contribution is 7.92. The first-order chi connectivity index (χ1) is 11.7. The largest absolute Gasteiger partial charge is 0.340 e. The monoisotopic (exact) mass is 364 g/mol. The standard InChI is InChI=1S/C18H21FN2O3S/c1-14-7-9-15(10-8-14)12-20(2)18(22)13-21(25(3,23)24)17-6-4-5-16(19)11-17/h4-11H,12-13H2,1-3H3. The molecule has 134 valence electrons. The molecule has 0 heterocycles. The first-order valence-corrected chi connectivity index (χ1v) is 9.54. The van der Waals surface area contributed by atoms with Crippen molar-refractivity contribution in [2.75, 3.05) is 24.2 Å². The maximum absolute atomic E-state index is 13.4. The summed E-state index contributed by atoms with van der Waals surface area (Å²) < 4.78 is 38.4. The SMILES string of the molecule is Cc1ccc(CN(C)C(=O)CN(c2cccc(F)c2)S(C)(=O)=O)cc1. The maximum Gasteiger partial charge on any atom is 0.243 e. The van der Waals surface area contributed by atoms with Crippen LogP contribution >= 0.6 is 0 Å². The second-order valence-corrected chi connectivity index (χ2v) is 7.89. The van der Waals surface area contributed by atoms with E-state index in [2.05, 4.69) is 0 Å². The molecule has 0 radical (unpaired) electrons. The number of amides is 1. The van der Waals surface area contributed by atoms with Crippen molar-refractivity contribution >= 4 is 21.6 Å². The first kappa shape index (κ1) is 18.9. The van der Waals surface area contributed by atoms with Crippen molar-refractivity contribution in [2.24, 2.45) is 0 Å². The van der Waals surface area contributed by atoms with Crippen LogP contribution in [0.4, 0.5) is 10.1 Å². The molecule has 2 aromatic carbocycles. The van der Waals surface area contributed by atoms with Crippen LogP contribution in [0.5, 0.6) is 0 Å². The molecule has 0 bridgehead atoms. The fraction of sp³-hybridized carbons (Fsp3) is 0.278. The van der Waals surface area contributed by atoms with E-state index in [1.165, 1.54) is 23.1 Å². The predicted octanol–water partition coefficient (Wildman–Crippen LogP) is 2.56. The van der Waals surface area contributed by atoms with Gasteiger partial charge in [-0.3, -0.25) is 9.10 Å². The second-order valence-electron chi connectivity index (χ2n) is 5.98. The Hall–Kier alpha value is -2.41. The van der Waals surface area contributed by atoms with Crippen molar-refractivity contribution in [3.05, 3.63) is 65.5 Å². The third-order valence-electron chi connectivity index (χ3n) is 3.74. The molecule has 0 fully saturated rings. The number of sulfonamides is 1. The molecule has 7 heteroatoms. The summed E-state index contributed by atoms with van der Waals surface area (Å²) in [6.45, 7) is 1.95. The number of carbonyl (C=O) groups is 1. The number of rotatable bonds is 6. The van der Waals surface area contributed by atoms with Crippen LogP contribution in [0.2, 0.25) is 0 Å². The van der Waals surface area contributed by atoms with Gasteiger partial charge in [-0.2, -0.15) is 0 Å². The number of benzene rings is 2. The van der Waals surface area contributed by atoms with Crippen molar-refractivity contribution in [3.8, 4) is 0 Å². The van der Waals surface area contributed by atoms with Gasteiger partial charge in [0.15, 0.2) is 0 Å². The smallest absolute Gasteiger partial charge is 0.243 e. The van der Waals surface area contributed by atoms with Gasteiger partial charge >= 0.3 is 0 Å². The normalized spacial score (nSPS) is 11.2. The number of anilines is 1. The van der Waals surface area contributed by atoms with E-state index in [1.54, 1.807) is 7.05 Å². The Morgan fingerprint density at radius 3 is 2.32 bits per heavy atom. The molecule has 0 unspecified atom stereocenters. The fourth-order valence-corrected chi connectivity index (χ4v) is 3.17. The molecule has 0 N–H and O–H groups in total. The molecule has 0 spiro atoms. The maximum atomic E-state index is 13.4. The van der Waals surface area contributed by atoms with Crippen LogP contribution in [0.3, 0.4) is 0 Å². The molecule has 5 nitrogen and oxygen atoms in total. The molecule has 0 aliphatic carbocycles. The lowest BCUT2D eigenvalue weighted by molar-refractivity contribution is -0.128. The van der Waals surface area contributed by atoms with Crippen molar-refractivity contribution in [1.29, 1.82) is 0 Å². The molecular weight excluding hydrogens is 343 g/mol. The summed E-state index contributed by atoms with van der Waals surface area (Å²) in [5.41, 5.74) is 2.18. The summed E-state index contributed by atoms with van der Waals surface area (Å²) >= 11 is 0. The lowest BCUT2D eigenvalue weighted by Gasteiger charge is -2.25. The minimum atomic E-state index is -3.72. The lowest BCUT2D eigenvalue weighted by atomic mass is 10.1. The Morgan fingerprint density at radius 1 is 1.12 bits per heavy atom.